The maximum atomic E-state index is 12.4. The molecule has 0 atom stereocenters. The molecule has 1 aromatic heterocycles. The van der Waals surface area contributed by atoms with Gasteiger partial charge in [0.1, 0.15) is 0 Å². The second-order valence-corrected chi connectivity index (χ2v) is 8.32. The van der Waals surface area contributed by atoms with Crippen molar-refractivity contribution in [3.63, 3.8) is 0 Å². The van der Waals surface area contributed by atoms with E-state index in [9.17, 15) is 4.79 Å². The lowest BCUT2D eigenvalue weighted by Gasteiger charge is -2.19. The molecule has 0 bridgehead atoms. The molecule has 3 rings (SSSR count). The largest absolute Gasteiger partial charge is 0.490 e. The molecule has 25 heavy (non-hydrogen) atoms. The fourth-order valence-corrected chi connectivity index (χ4v) is 4.11. The minimum atomic E-state index is -0.0352. The van der Waals surface area contributed by atoms with Crippen molar-refractivity contribution in [2.45, 2.75) is 19.9 Å². The summed E-state index contributed by atoms with van der Waals surface area (Å²) in [6.45, 7) is 5.27. The first-order valence-electron chi connectivity index (χ1n) is 8.30. The summed E-state index contributed by atoms with van der Waals surface area (Å²) in [6, 6.07) is 9.63. The van der Waals surface area contributed by atoms with Gasteiger partial charge in [-0.15, -0.1) is 11.3 Å². The average Bonchev–Trinajstić information content (AvgIpc) is 2.86. The molecule has 1 aromatic carbocycles. The highest BCUT2D eigenvalue weighted by atomic mass is 79.9. The lowest BCUT2D eigenvalue weighted by Crippen LogP contribution is -2.32. The van der Waals surface area contributed by atoms with Gasteiger partial charge < -0.3 is 14.8 Å². The number of ether oxygens (including phenoxy) is 2. The molecule has 0 saturated carbocycles. The summed E-state index contributed by atoms with van der Waals surface area (Å²) in [7, 11) is 0. The van der Waals surface area contributed by atoms with Gasteiger partial charge in [0.15, 0.2) is 11.5 Å². The number of halogens is 1. The molecule has 7 heteroatoms. The van der Waals surface area contributed by atoms with Crippen LogP contribution in [0.25, 0.3) is 0 Å². The lowest BCUT2D eigenvalue weighted by atomic mass is 10.2. The fourth-order valence-electron chi connectivity index (χ4n) is 2.58. The average molecular weight is 425 g/mol. The van der Waals surface area contributed by atoms with Crippen molar-refractivity contribution in [2.24, 2.45) is 0 Å². The number of nitrogens with one attached hydrogen (secondary N) is 1. The number of carbonyl (C=O) groups is 1. The Morgan fingerprint density at radius 1 is 1.24 bits per heavy atom. The molecule has 1 N–H and O–H groups in total. The number of nitrogens with zero attached hydrogens (tertiary/aromatic N) is 1. The first kappa shape index (κ1) is 18.2. The topological polar surface area (TPSA) is 50.8 Å². The Kier molecular flexibility index (Phi) is 6.34. The molecular weight excluding hydrogens is 404 g/mol. The summed E-state index contributed by atoms with van der Waals surface area (Å²) >= 11 is 5.17. The molecule has 0 unspecified atom stereocenters. The van der Waals surface area contributed by atoms with E-state index in [1.54, 1.807) is 11.3 Å². The van der Waals surface area contributed by atoms with Gasteiger partial charge in [0.05, 0.1) is 23.5 Å². The predicted molar refractivity (Wildman–Crippen MR) is 104 cm³/mol. The number of likely N-dealkylation sites (N-methyl/N-ethyl adjacent to an activating group) is 1. The third kappa shape index (κ3) is 5.20. The van der Waals surface area contributed by atoms with Crippen molar-refractivity contribution in [1.82, 2.24) is 4.90 Å². The maximum absolute atomic E-state index is 12.4. The number of hydrogen-bond acceptors (Lipinski definition) is 5. The number of amides is 1. The highest BCUT2D eigenvalue weighted by molar-refractivity contribution is 9.11. The Labute approximate surface area is 160 Å². The predicted octanol–water partition coefficient (Wildman–Crippen LogP) is 4.13. The monoisotopic (exact) mass is 424 g/mol. The van der Waals surface area contributed by atoms with Gasteiger partial charge in [-0.25, -0.2) is 0 Å². The van der Waals surface area contributed by atoms with Crippen LogP contribution in [-0.4, -0.2) is 37.1 Å². The molecular formula is C18H21BrN2O3S. The van der Waals surface area contributed by atoms with E-state index >= 15 is 0 Å². The van der Waals surface area contributed by atoms with Gasteiger partial charge in [-0.1, -0.05) is 6.92 Å². The van der Waals surface area contributed by atoms with Gasteiger partial charge in [0.25, 0.3) is 0 Å². The minimum absolute atomic E-state index is 0.0352. The minimum Gasteiger partial charge on any atom is -0.490 e. The van der Waals surface area contributed by atoms with Crippen LogP contribution in [0.5, 0.6) is 11.5 Å². The molecule has 2 aromatic rings. The van der Waals surface area contributed by atoms with Crippen LogP contribution < -0.4 is 14.8 Å². The molecule has 0 fully saturated rings. The molecule has 134 valence electrons. The standard InChI is InChI=1S/C18H21BrN2O3S/c1-2-21(11-14-5-7-17(19)25-14)12-18(22)20-13-4-6-15-16(10-13)24-9-3-8-23-15/h4-7,10H,2-3,8-9,11-12H2,1H3,(H,20,22). The number of benzene rings is 1. The second kappa shape index (κ2) is 8.69. The van der Waals surface area contributed by atoms with Gasteiger partial charge >= 0.3 is 0 Å². The Bertz CT molecular complexity index is 735. The first-order chi connectivity index (χ1) is 12.1. The van der Waals surface area contributed by atoms with Crippen molar-refractivity contribution in [3.8, 4) is 11.5 Å². The zero-order chi connectivity index (χ0) is 17.6. The molecule has 0 saturated heterocycles. The van der Waals surface area contributed by atoms with Gasteiger partial charge in [-0.3, -0.25) is 9.69 Å². The van der Waals surface area contributed by atoms with Gasteiger partial charge in [-0.05, 0) is 46.7 Å². The van der Waals surface area contributed by atoms with E-state index in [1.807, 2.05) is 24.3 Å². The first-order valence-corrected chi connectivity index (χ1v) is 9.91. The van der Waals surface area contributed by atoms with Crippen molar-refractivity contribution in [1.29, 1.82) is 0 Å². The molecule has 0 aliphatic carbocycles. The summed E-state index contributed by atoms with van der Waals surface area (Å²) in [5.41, 5.74) is 0.726. The van der Waals surface area contributed by atoms with E-state index in [2.05, 4.69) is 39.1 Å². The number of thiophene rings is 1. The van der Waals surface area contributed by atoms with Crippen molar-refractivity contribution >= 4 is 38.9 Å². The van der Waals surface area contributed by atoms with Crippen molar-refractivity contribution in [3.05, 3.63) is 39.0 Å². The number of hydrogen-bond donors (Lipinski definition) is 1. The molecule has 5 nitrogen and oxygen atoms in total. The number of anilines is 1. The maximum Gasteiger partial charge on any atom is 0.238 e. The normalized spacial score (nSPS) is 13.6. The van der Waals surface area contributed by atoms with E-state index in [0.29, 0.717) is 25.5 Å². The van der Waals surface area contributed by atoms with Crippen molar-refractivity contribution < 1.29 is 14.3 Å². The molecule has 2 heterocycles. The molecule has 0 radical (unpaired) electrons. The van der Waals surface area contributed by atoms with Crippen LogP contribution in [0.3, 0.4) is 0 Å². The number of rotatable bonds is 6. The molecule has 1 amide bonds. The highest BCUT2D eigenvalue weighted by Crippen LogP contribution is 2.32. The zero-order valence-corrected chi connectivity index (χ0v) is 16.5. The van der Waals surface area contributed by atoms with Crippen LogP contribution in [0.2, 0.25) is 0 Å². The summed E-state index contributed by atoms with van der Waals surface area (Å²) < 4.78 is 12.4. The van der Waals surface area contributed by atoms with Gasteiger partial charge in [0.2, 0.25) is 5.91 Å². The zero-order valence-electron chi connectivity index (χ0n) is 14.1. The van der Waals surface area contributed by atoms with E-state index in [1.165, 1.54) is 4.88 Å². The third-order valence-corrected chi connectivity index (χ3v) is 5.46. The Morgan fingerprint density at radius 3 is 2.76 bits per heavy atom. The molecule has 1 aliphatic rings. The van der Waals surface area contributed by atoms with Crippen LogP contribution in [0.15, 0.2) is 34.1 Å². The number of fused-ring (bicyclic) bond motifs is 1. The van der Waals surface area contributed by atoms with Crippen LogP contribution >= 0.6 is 27.3 Å². The van der Waals surface area contributed by atoms with Crippen LogP contribution in [0, 0.1) is 0 Å². The van der Waals surface area contributed by atoms with E-state index in [4.69, 9.17) is 9.47 Å². The Hall–Kier alpha value is -1.57. The van der Waals surface area contributed by atoms with Crippen LogP contribution in [0.4, 0.5) is 5.69 Å². The van der Waals surface area contributed by atoms with Gasteiger partial charge in [0, 0.05) is 29.6 Å². The lowest BCUT2D eigenvalue weighted by molar-refractivity contribution is -0.117. The highest BCUT2D eigenvalue weighted by Gasteiger charge is 2.14. The van der Waals surface area contributed by atoms with Crippen LogP contribution in [0.1, 0.15) is 18.2 Å². The smallest absolute Gasteiger partial charge is 0.238 e. The summed E-state index contributed by atoms with van der Waals surface area (Å²) in [6.07, 6.45) is 0.862. The van der Waals surface area contributed by atoms with Gasteiger partial charge in [-0.2, -0.15) is 0 Å². The second-order valence-electron chi connectivity index (χ2n) is 5.77. The third-order valence-electron chi connectivity index (χ3n) is 3.85. The van der Waals surface area contributed by atoms with E-state index < -0.39 is 0 Å². The summed E-state index contributed by atoms with van der Waals surface area (Å²) in [5.74, 6) is 1.38. The van der Waals surface area contributed by atoms with Crippen molar-refractivity contribution in [2.75, 3.05) is 31.6 Å². The quantitative estimate of drug-likeness (QED) is 0.756. The Balaban J connectivity index is 1.58. The molecule has 0 spiro atoms. The molecule has 1 aliphatic heterocycles. The SMILES string of the molecule is CCN(CC(=O)Nc1ccc2c(c1)OCCCO2)Cc1ccc(Br)s1. The fraction of sp³-hybridized carbons (Fsp3) is 0.389. The summed E-state index contributed by atoms with van der Waals surface area (Å²) in [5, 5.41) is 2.95. The number of carbonyl (C=O) groups excluding carboxylic acids is 1. The van der Waals surface area contributed by atoms with E-state index in [0.717, 1.165) is 34.7 Å². The Morgan fingerprint density at radius 2 is 2.04 bits per heavy atom. The van der Waals surface area contributed by atoms with Crippen LogP contribution in [-0.2, 0) is 11.3 Å². The van der Waals surface area contributed by atoms with E-state index in [-0.39, 0.29) is 5.91 Å². The summed E-state index contributed by atoms with van der Waals surface area (Å²) in [4.78, 5) is 15.7.